The average Bonchev–Trinajstić information content (AvgIpc) is 3.34. The summed E-state index contributed by atoms with van der Waals surface area (Å²) in [4.78, 5) is 32.2. The van der Waals surface area contributed by atoms with Gasteiger partial charge in [-0.05, 0) is 48.6 Å². The summed E-state index contributed by atoms with van der Waals surface area (Å²) in [5, 5.41) is 4.88. The molecule has 26 heavy (non-hydrogen) atoms. The molecule has 6 heteroatoms. The van der Waals surface area contributed by atoms with Crippen LogP contribution in [-0.2, 0) is 0 Å². The Balaban J connectivity index is 1.47. The number of hydrogen-bond donors (Lipinski definition) is 1. The molecule has 3 heterocycles. The quantitative estimate of drug-likeness (QED) is 0.754. The minimum atomic E-state index is 0.000820. The number of amides is 2. The summed E-state index contributed by atoms with van der Waals surface area (Å²) in [6, 6.07) is 7.88. The Morgan fingerprint density at radius 2 is 1.69 bits per heavy atom. The Hall–Kier alpha value is -2.60. The molecule has 0 bridgehead atoms. The number of H-pyrrole nitrogens is 1. The Bertz CT molecular complexity index is 967. The van der Waals surface area contributed by atoms with Gasteiger partial charge in [0.25, 0.3) is 11.8 Å². The number of piperazine rings is 1. The molecule has 134 valence electrons. The van der Waals surface area contributed by atoms with Crippen molar-refractivity contribution < 1.29 is 9.59 Å². The number of carbonyl (C=O) groups is 2. The molecule has 5 nitrogen and oxygen atoms in total. The number of rotatable bonds is 2. The predicted molar refractivity (Wildman–Crippen MR) is 104 cm³/mol. The molecule has 1 saturated heterocycles. The second-order valence-electron chi connectivity index (χ2n) is 6.75. The maximum absolute atomic E-state index is 12.9. The molecule has 0 radical (unpaired) electrons. The van der Waals surface area contributed by atoms with E-state index < -0.39 is 0 Å². The van der Waals surface area contributed by atoms with E-state index in [1.165, 1.54) is 22.5 Å². The van der Waals surface area contributed by atoms with Crippen molar-refractivity contribution in [1.29, 1.82) is 0 Å². The van der Waals surface area contributed by atoms with Crippen molar-refractivity contribution in [2.75, 3.05) is 26.2 Å². The number of carbonyl (C=O) groups excluding carboxylic acids is 2. The number of aromatic nitrogens is 1. The summed E-state index contributed by atoms with van der Waals surface area (Å²) in [6.07, 6.45) is 0. The van der Waals surface area contributed by atoms with Crippen LogP contribution >= 0.6 is 11.3 Å². The third-order valence-electron chi connectivity index (χ3n) is 5.20. The van der Waals surface area contributed by atoms with E-state index in [4.69, 9.17) is 0 Å². The van der Waals surface area contributed by atoms with E-state index in [9.17, 15) is 9.59 Å². The molecule has 1 aliphatic rings. The summed E-state index contributed by atoms with van der Waals surface area (Å²) in [7, 11) is 0. The highest BCUT2D eigenvalue weighted by Gasteiger charge is 2.26. The number of fused-ring (bicyclic) bond motifs is 1. The lowest BCUT2D eigenvalue weighted by molar-refractivity contribution is 0.0533. The van der Waals surface area contributed by atoms with Crippen molar-refractivity contribution in [3.05, 3.63) is 57.4 Å². The Labute approximate surface area is 156 Å². The fraction of sp³-hybridized carbons (Fsp3) is 0.300. The maximum Gasteiger partial charge on any atom is 0.270 e. The van der Waals surface area contributed by atoms with Gasteiger partial charge in [0.2, 0.25) is 0 Å². The van der Waals surface area contributed by atoms with Crippen molar-refractivity contribution in [2.45, 2.75) is 13.8 Å². The molecule has 2 aromatic heterocycles. The molecule has 2 amide bonds. The lowest BCUT2D eigenvalue weighted by atomic mass is 10.1. The Kier molecular flexibility index (Phi) is 4.28. The van der Waals surface area contributed by atoms with Crippen LogP contribution in [0.15, 0.2) is 35.0 Å². The normalized spacial score (nSPS) is 14.8. The molecule has 1 aromatic carbocycles. The maximum atomic E-state index is 12.9. The largest absolute Gasteiger partial charge is 0.351 e. The highest BCUT2D eigenvalue weighted by atomic mass is 32.1. The second kappa shape index (κ2) is 6.61. The molecule has 1 aliphatic heterocycles. The molecule has 4 rings (SSSR count). The van der Waals surface area contributed by atoms with Crippen LogP contribution in [0.2, 0.25) is 0 Å². The van der Waals surface area contributed by atoms with Crippen LogP contribution in [0, 0.1) is 13.8 Å². The summed E-state index contributed by atoms with van der Waals surface area (Å²) in [5.41, 5.74) is 4.75. The monoisotopic (exact) mass is 367 g/mol. The smallest absolute Gasteiger partial charge is 0.270 e. The number of aromatic amines is 1. The van der Waals surface area contributed by atoms with Crippen molar-refractivity contribution in [2.24, 2.45) is 0 Å². The average molecular weight is 367 g/mol. The van der Waals surface area contributed by atoms with Gasteiger partial charge in [0.05, 0.1) is 5.56 Å². The van der Waals surface area contributed by atoms with Gasteiger partial charge in [-0.3, -0.25) is 9.59 Å². The molecule has 0 unspecified atom stereocenters. The standard InChI is InChI=1S/C20H21N3O2S/c1-13-3-4-17-16(14(13)2)11-18(21-17)20(25)23-8-6-22(7-9-23)19(24)15-5-10-26-12-15/h3-5,10-12,21H,6-9H2,1-2H3. The zero-order valence-electron chi connectivity index (χ0n) is 14.9. The fourth-order valence-electron chi connectivity index (χ4n) is 3.42. The molecule has 1 fully saturated rings. The lowest BCUT2D eigenvalue weighted by Gasteiger charge is -2.34. The van der Waals surface area contributed by atoms with Gasteiger partial charge in [-0.15, -0.1) is 0 Å². The van der Waals surface area contributed by atoms with E-state index in [0.717, 1.165) is 16.5 Å². The summed E-state index contributed by atoms with van der Waals surface area (Å²) < 4.78 is 0. The molecule has 3 aromatic rings. The molecular weight excluding hydrogens is 346 g/mol. The van der Waals surface area contributed by atoms with Gasteiger partial charge >= 0.3 is 0 Å². The molecule has 0 atom stereocenters. The van der Waals surface area contributed by atoms with E-state index >= 15 is 0 Å². The van der Waals surface area contributed by atoms with Gasteiger partial charge in [-0.25, -0.2) is 0 Å². The third-order valence-corrected chi connectivity index (χ3v) is 5.88. The zero-order chi connectivity index (χ0) is 18.3. The SMILES string of the molecule is Cc1ccc2[nH]c(C(=O)N3CCN(C(=O)c4ccsc4)CC3)cc2c1C. The van der Waals surface area contributed by atoms with Gasteiger partial charge in [0.15, 0.2) is 0 Å². The first kappa shape index (κ1) is 16.8. The number of benzene rings is 1. The summed E-state index contributed by atoms with van der Waals surface area (Å²) in [5.74, 6) is 0.0518. The van der Waals surface area contributed by atoms with E-state index in [0.29, 0.717) is 31.9 Å². The van der Waals surface area contributed by atoms with Crippen LogP contribution in [0.3, 0.4) is 0 Å². The Morgan fingerprint density at radius 1 is 1.00 bits per heavy atom. The number of aryl methyl sites for hydroxylation is 2. The van der Waals surface area contributed by atoms with E-state index in [-0.39, 0.29) is 11.8 Å². The highest BCUT2D eigenvalue weighted by molar-refractivity contribution is 7.08. The predicted octanol–water partition coefficient (Wildman–Crippen LogP) is 3.44. The topological polar surface area (TPSA) is 56.4 Å². The van der Waals surface area contributed by atoms with E-state index in [2.05, 4.69) is 24.9 Å². The number of thiophene rings is 1. The zero-order valence-corrected chi connectivity index (χ0v) is 15.7. The van der Waals surface area contributed by atoms with Crippen molar-refractivity contribution in [3.63, 3.8) is 0 Å². The molecular formula is C20H21N3O2S. The third kappa shape index (κ3) is 2.90. The minimum Gasteiger partial charge on any atom is -0.351 e. The summed E-state index contributed by atoms with van der Waals surface area (Å²) >= 11 is 1.52. The fourth-order valence-corrected chi connectivity index (χ4v) is 4.05. The van der Waals surface area contributed by atoms with Crippen LogP contribution in [0.5, 0.6) is 0 Å². The highest BCUT2D eigenvalue weighted by Crippen LogP contribution is 2.23. The van der Waals surface area contributed by atoms with Crippen LogP contribution in [0.25, 0.3) is 10.9 Å². The van der Waals surface area contributed by atoms with Gasteiger partial charge in [-0.2, -0.15) is 11.3 Å². The van der Waals surface area contributed by atoms with Crippen molar-refractivity contribution in [3.8, 4) is 0 Å². The summed E-state index contributed by atoms with van der Waals surface area (Å²) in [6.45, 7) is 6.41. The minimum absolute atomic E-state index is 0.000820. The van der Waals surface area contributed by atoms with Crippen molar-refractivity contribution >= 4 is 34.1 Å². The number of hydrogen-bond acceptors (Lipinski definition) is 3. The van der Waals surface area contributed by atoms with Crippen LogP contribution in [0.4, 0.5) is 0 Å². The van der Waals surface area contributed by atoms with Crippen molar-refractivity contribution in [1.82, 2.24) is 14.8 Å². The first-order valence-corrected chi connectivity index (χ1v) is 9.68. The van der Waals surface area contributed by atoms with Gasteiger partial charge in [0, 0.05) is 42.5 Å². The van der Waals surface area contributed by atoms with E-state index in [1.54, 1.807) is 0 Å². The van der Waals surface area contributed by atoms with Gasteiger partial charge in [-0.1, -0.05) is 6.07 Å². The number of nitrogens with zero attached hydrogens (tertiary/aromatic N) is 2. The molecule has 0 saturated carbocycles. The lowest BCUT2D eigenvalue weighted by Crippen LogP contribution is -2.50. The van der Waals surface area contributed by atoms with Crippen LogP contribution in [-0.4, -0.2) is 52.8 Å². The first-order valence-electron chi connectivity index (χ1n) is 8.74. The molecule has 0 aliphatic carbocycles. The van der Waals surface area contributed by atoms with Gasteiger partial charge < -0.3 is 14.8 Å². The number of nitrogens with one attached hydrogen (secondary N) is 1. The van der Waals surface area contributed by atoms with E-state index in [1.807, 2.05) is 38.8 Å². The van der Waals surface area contributed by atoms with Crippen LogP contribution in [0.1, 0.15) is 32.0 Å². The Morgan fingerprint density at radius 3 is 2.35 bits per heavy atom. The molecule has 1 N–H and O–H groups in total. The van der Waals surface area contributed by atoms with Crippen LogP contribution < -0.4 is 0 Å². The molecule has 0 spiro atoms. The second-order valence-corrected chi connectivity index (χ2v) is 7.53. The first-order chi connectivity index (χ1) is 12.5. The van der Waals surface area contributed by atoms with Gasteiger partial charge in [0.1, 0.15) is 5.69 Å².